The van der Waals surface area contributed by atoms with Gasteiger partial charge in [-0.2, -0.15) is 0 Å². The molecule has 86 valence electrons. The van der Waals surface area contributed by atoms with Crippen LogP contribution in [0.15, 0.2) is 4.42 Å². The molecule has 0 radical (unpaired) electrons. The van der Waals surface area contributed by atoms with Crippen LogP contribution in [0, 0.1) is 0 Å². The van der Waals surface area contributed by atoms with Crippen molar-refractivity contribution in [1.29, 1.82) is 0 Å². The zero-order chi connectivity index (χ0) is 11.1. The van der Waals surface area contributed by atoms with E-state index in [1.807, 2.05) is 0 Å². The van der Waals surface area contributed by atoms with Gasteiger partial charge in [0, 0.05) is 26.1 Å². The maximum atomic E-state index is 5.50. The molecule has 0 aliphatic rings. The molecule has 1 aromatic heterocycles. The number of nitrogens with two attached hydrogens (primary N) is 1. The minimum absolute atomic E-state index is 0.544. The van der Waals surface area contributed by atoms with Gasteiger partial charge in [-0.3, -0.25) is 0 Å². The molecule has 0 aromatic carbocycles. The fourth-order valence-electron chi connectivity index (χ4n) is 1.34. The third-order valence-corrected chi connectivity index (χ3v) is 2.25. The molecule has 0 saturated heterocycles. The second-order valence-electron chi connectivity index (χ2n) is 3.45. The van der Waals surface area contributed by atoms with Gasteiger partial charge in [0.2, 0.25) is 5.89 Å². The first-order valence-electron chi connectivity index (χ1n) is 5.59. The molecule has 5 heteroatoms. The Kier molecular flexibility index (Phi) is 5.10. The van der Waals surface area contributed by atoms with Gasteiger partial charge in [-0.1, -0.05) is 18.4 Å². The van der Waals surface area contributed by atoms with E-state index in [0.29, 0.717) is 24.9 Å². The maximum absolute atomic E-state index is 5.50. The predicted octanol–water partition coefficient (Wildman–Crippen LogP) is 1.20. The highest BCUT2D eigenvalue weighted by Crippen LogP contribution is 2.12. The topological polar surface area (TPSA) is 68.2 Å². The lowest BCUT2D eigenvalue weighted by molar-refractivity contribution is 0.483. The molecule has 0 bridgehead atoms. The Bertz CT molecular complexity index is 274. The number of hydrogen-bond acceptors (Lipinski definition) is 5. The van der Waals surface area contributed by atoms with Gasteiger partial charge in [-0.05, 0) is 13.3 Å². The van der Waals surface area contributed by atoms with Crippen LogP contribution in [0.3, 0.4) is 0 Å². The maximum Gasteiger partial charge on any atom is 0.318 e. The van der Waals surface area contributed by atoms with Gasteiger partial charge in [0.25, 0.3) is 0 Å². The van der Waals surface area contributed by atoms with Crippen molar-refractivity contribution in [2.75, 3.05) is 24.5 Å². The first kappa shape index (κ1) is 12.0. The Hall–Kier alpha value is -1.10. The van der Waals surface area contributed by atoms with E-state index in [1.54, 1.807) is 0 Å². The Morgan fingerprint density at radius 2 is 2.13 bits per heavy atom. The molecule has 1 aromatic rings. The molecule has 0 saturated carbocycles. The van der Waals surface area contributed by atoms with Crippen molar-refractivity contribution in [3.05, 3.63) is 5.89 Å². The summed E-state index contributed by atoms with van der Waals surface area (Å²) in [7, 11) is 0. The molecule has 5 nitrogen and oxygen atoms in total. The van der Waals surface area contributed by atoms with Gasteiger partial charge in [-0.15, -0.1) is 5.10 Å². The molecule has 0 amide bonds. The molecule has 0 unspecified atom stereocenters. The smallest absolute Gasteiger partial charge is 0.318 e. The molecular weight excluding hydrogens is 192 g/mol. The second kappa shape index (κ2) is 6.40. The summed E-state index contributed by atoms with van der Waals surface area (Å²) in [4.78, 5) is 2.09. The van der Waals surface area contributed by atoms with E-state index < -0.39 is 0 Å². The van der Waals surface area contributed by atoms with Crippen LogP contribution in [0.4, 0.5) is 6.01 Å². The van der Waals surface area contributed by atoms with E-state index in [9.17, 15) is 0 Å². The van der Waals surface area contributed by atoms with Crippen LogP contribution in [0.1, 0.15) is 32.6 Å². The molecule has 0 fully saturated rings. The normalized spacial score (nSPS) is 10.6. The van der Waals surface area contributed by atoms with Crippen LogP contribution >= 0.6 is 0 Å². The molecule has 1 heterocycles. The lowest BCUT2D eigenvalue weighted by Gasteiger charge is -2.16. The number of aromatic nitrogens is 2. The molecule has 15 heavy (non-hydrogen) atoms. The zero-order valence-corrected chi connectivity index (χ0v) is 9.57. The average Bonchev–Trinajstić information content (AvgIpc) is 2.68. The van der Waals surface area contributed by atoms with Crippen molar-refractivity contribution in [1.82, 2.24) is 10.2 Å². The summed E-state index contributed by atoms with van der Waals surface area (Å²) < 4.78 is 5.50. The number of anilines is 1. The highest BCUT2D eigenvalue weighted by molar-refractivity contribution is 5.23. The van der Waals surface area contributed by atoms with Crippen LogP contribution in [0.25, 0.3) is 0 Å². The van der Waals surface area contributed by atoms with Gasteiger partial charge in [-0.25, -0.2) is 0 Å². The molecule has 2 N–H and O–H groups in total. The van der Waals surface area contributed by atoms with Gasteiger partial charge in [0.15, 0.2) is 0 Å². The molecule has 0 spiro atoms. The minimum atomic E-state index is 0.544. The monoisotopic (exact) mass is 212 g/mol. The Morgan fingerprint density at radius 1 is 1.33 bits per heavy atom. The van der Waals surface area contributed by atoms with Crippen molar-refractivity contribution in [3.63, 3.8) is 0 Å². The molecule has 0 aliphatic heterocycles. The van der Waals surface area contributed by atoms with Gasteiger partial charge >= 0.3 is 6.01 Å². The lowest BCUT2D eigenvalue weighted by atomic mass is 10.3. The molecular formula is C10H20N4O. The van der Waals surface area contributed by atoms with E-state index in [4.69, 9.17) is 10.2 Å². The largest absolute Gasteiger partial charge is 0.408 e. The summed E-state index contributed by atoms with van der Waals surface area (Å²) in [6.45, 7) is 6.66. The highest BCUT2D eigenvalue weighted by Gasteiger charge is 2.11. The van der Waals surface area contributed by atoms with Crippen molar-refractivity contribution in [3.8, 4) is 0 Å². The predicted molar refractivity (Wildman–Crippen MR) is 59.9 cm³/mol. The van der Waals surface area contributed by atoms with E-state index in [0.717, 1.165) is 19.5 Å². The van der Waals surface area contributed by atoms with Crippen LogP contribution in [-0.4, -0.2) is 29.8 Å². The van der Waals surface area contributed by atoms with Gasteiger partial charge in [0.1, 0.15) is 0 Å². The fourth-order valence-corrected chi connectivity index (χ4v) is 1.34. The van der Waals surface area contributed by atoms with E-state index in [2.05, 4.69) is 28.9 Å². The fraction of sp³-hybridized carbons (Fsp3) is 0.800. The third kappa shape index (κ3) is 3.51. The van der Waals surface area contributed by atoms with Crippen molar-refractivity contribution in [2.24, 2.45) is 5.73 Å². The van der Waals surface area contributed by atoms with Gasteiger partial charge < -0.3 is 15.1 Å². The zero-order valence-electron chi connectivity index (χ0n) is 9.57. The molecule has 0 atom stereocenters. The third-order valence-electron chi connectivity index (χ3n) is 2.25. The Labute approximate surface area is 90.7 Å². The van der Waals surface area contributed by atoms with Crippen molar-refractivity contribution < 1.29 is 4.42 Å². The van der Waals surface area contributed by atoms with E-state index in [1.165, 1.54) is 6.42 Å². The van der Waals surface area contributed by atoms with Gasteiger partial charge in [0.05, 0.1) is 0 Å². The first-order valence-corrected chi connectivity index (χ1v) is 5.59. The summed E-state index contributed by atoms with van der Waals surface area (Å²) in [5, 5.41) is 7.96. The van der Waals surface area contributed by atoms with Crippen LogP contribution in [0.2, 0.25) is 0 Å². The van der Waals surface area contributed by atoms with Crippen LogP contribution in [-0.2, 0) is 6.42 Å². The number of rotatable bonds is 7. The number of nitrogens with zero attached hydrogens (tertiary/aromatic N) is 3. The van der Waals surface area contributed by atoms with Crippen molar-refractivity contribution >= 4 is 6.01 Å². The average molecular weight is 212 g/mol. The number of unbranched alkanes of at least 4 members (excludes halogenated alkanes) is 1. The standard InChI is InChI=1S/C10H20N4O/c1-3-5-8-14(4-2)10-13-12-9(15-10)6-7-11/h3-8,11H2,1-2H3. The summed E-state index contributed by atoms with van der Waals surface area (Å²) in [6, 6.07) is 0.620. The molecule has 0 aliphatic carbocycles. The van der Waals surface area contributed by atoms with E-state index in [-0.39, 0.29) is 0 Å². The summed E-state index contributed by atoms with van der Waals surface area (Å²) in [5.41, 5.74) is 5.42. The van der Waals surface area contributed by atoms with Crippen LogP contribution < -0.4 is 10.6 Å². The molecule has 1 rings (SSSR count). The Balaban J connectivity index is 2.57. The summed E-state index contributed by atoms with van der Waals surface area (Å²) >= 11 is 0. The van der Waals surface area contributed by atoms with Crippen LogP contribution in [0.5, 0.6) is 0 Å². The van der Waals surface area contributed by atoms with Crippen molar-refractivity contribution in [2.45, 2.75) is 33.1 Å². The quantitative estimate of drug-likeness (QED) is 0.735. The summed E-state index contributed by atoms with van der Waals surface area (Å²) in [5.74, 6) is 0.627. The number of hydrogen-bond donors (Lipinski definition) is 1. The SMILES string of the molecule is CCCCN(CC)c1nnc(CCN)o1. The Morgan fingerprint density at radius 3 is 2.73 bits per heavy atom. The minimum Gasteiger partial charge on any atom is -0.408 e. The lowest BCUT2D eigenvalue weighted by Crippen LogP contribution is -2.24. The van der Waals surface area contributed by atoms with E-state index >= 15 is 0 Å². The summed E-state index contributed by atoms with van der Waals surface area (Å²) in [6.07, 6.45) is 2.96. The highest BCUT2D eigenvalue weighted by atomic mass is 16.4. The first-order chi connectivity index (χ1) is 7.31. The second-order valence-corrected chi connectivity index (χ2v) is 3.45.